The molecule has 0 unspecified atom stereocenters. The van der Waals surface area contributed by atoms with Crippen LogP contribution in [0.25, 0.3) is 0 Å². The number of carbonyl (C=O) groups is 1. The van der Waals surface area contributed by atoms with Crippen molar-refractivity contribution in [2.45, 2.75) is 0 Å². The summed E-state index contributed by atoms with van der Waals surface area (Å²) in [7, 11) is 0. The smallest absolute Gasteiger partial charge is 0.294 e. The maximum Gasteiger partial charge on any atom is 0.368 e. The molecule has 0 bridgehead atoms. The Morgan fingerprint density at radius 1 is 0.812 bits per heavy atom. The van der Waals surface area contributed by atoms with E-state index in [1.165, 1.54) is 0 Å². The molecule has 0 radical (unpaired) electrons. The molecule has 0 aromatic heterocycles. The van der Waals surface area contributed by atoms with Gasteiger partial charge in [-0.1, -0.05) is 0 Å². The lowest BCUT2D eigenvalue weighted by molar-refractivity contribution is -0.514. The Hall–Kier alpha value is -2.11. The van der Waals surface area contributed by atoms with E-state index in [0.717, 1.165) is 0 Å². The van der Waals surface area contributed by atoms with Gasteiger partial charge in [-0.15, -0.1) is 0 Å². The number of hydrogen-bond donors (Lipinski definition) is 2. The predicted molar refractivity (Wildman–Crippen MR) is 60.7 cm³/mol. The SMILES string of the molecule is O=C(N=C1C=C[NH2+]C=C1)N=C1C=C[NH2+]C=C1. The van der Waals surface area contributed by atoms with Crippen LogP contribution >= 0.6 is 0 Å². The van der Waals surface area contributed by atoms with Crippen molar-refractivity contribution in [3.63, 3.8) is 0 Å². The maximum absolute atomic E-state index is 11.4. The van der Waals surface area contributed by atoms with Crippen LogP contribution in [0.4, 0.5) is 4.79 Å². The molecule has 0 saturated heterocycles. The molecule has 0 atom stereocenters. The number of nitrogens with zero attached hydrogens (tertiary/aromatic N) is 2. The van der Waals surface area contributed by atoms with Gasteiger partial charge >= 0.3 is 6.03 Å². The minimum Gasteiger partial charge on any atom is -0.294 e. The number of allylic oxidation sites excluding steroid dienone is 4. The van der Waals surface area contributed by atoms with Gasteiger partial charge in [0, 0.05) is 24.3 Å². The molecule has 2 heterocycles. The second kappa shape index (κ2) is 5.11. The van der Waals surface area contributed by atoms with Gasteiger partial charge in [0.25, 0.3) is 0 Å². The van der Waals surface area contributed by atoms with Crippen molar-refractivity contribution < 1.29 is 15.4 Å². The maximum atomic E-state index is 11.4. The molecule has 5 heteroatoms. The Labute approximate surface area is 92.7 Å². The second-order valence-corrected chi connectivity index (χ2v) is 3.18. The highest BCUT2D eigenvalue weighted by atomic mass is 16.2. The van der Waals surface area contributed by atoms with E-state index in [0.29, 0.717) is 11.4 Å². The van der Waals surface area contributed by atoms with Crippen molar-refractivity contribution in [1.82, 2.24) is 0 Å². The highest BCUT2D eigenvalue weighted by molar-refractivity contribution is 6.13. The number of aliphatic imine (C=N–C) groups is 2. The minimum atomic E-state index is -0.489. The van der Waals surface area contributed by atoms with Crippen molar-refractivity contribution in [3.8, 4) is 0 Å². The van der Waals surface area contributed by atoms with Gasteiger partial charge in [0.15, 0.2) is 0 Å². The van der Waals surface area contributed by atoms with Crippen LogP contribution in [0.3, 0.4) is 0 Å². The fourth-order valence-electron chi connectivity index (χ4n) is 1.25. The zero-order chi connectivity index (χ0) is 11.2. The lowest BCUT2D eigenvalue weighted by atomic mass is 10.3. The summed E-state index contributed by atoms with van der Waals surface area (Å²) in [4.78, 5) is 19.1. The summed E-state index contributed by atoms with van der Waals surface area (Å²) in [6, 6.07) is -0.489. The molecule has 4 N–H and O–H groups in total. The molecule has 2 aliphatic rings. The van der Waals surface area contributed by atoms with Crippen molar-refractivity contribution in [2.24, 2.45) is 9.98 Å². The van der Waals surface area contributed by atoms with E-state index in [1.807, 2.05) is 35.4 Å². The summed E-state index contributed by atoms with van der Waals surface area (Å²) in [6.45, 7) is 0. The molecule has 0 spiro atoms. The van der Waals surface area contributed by atoms with E-state index in [-0.39, 0.29) is 0 Å². The van der Waals surface area contributed by atoms with E-state index >= 15 is 0 Å². The van der Waals surface area contributed by atoms with E-state index < -0.39 is 6.03 Å². The van der Waals surface area contributed by atoms with Crippen molar-refractivity contribution >= 4 is 17.5 Å². The quantitative estimate of drug-likeness (QED) is 0.546. The Kier molecular flexibility index (Phi) is 3.32. The Bertz CT molecular complexity index is 396. The van der Waals surface area contributed by atoms with Crippen LogP contribution in [-0.4, -0.2) is 17.5 Å². The summed E-state index contributed by atoms with van der Waals surface area (Å²) >= 11 is 0. The van der Waals surface area contributed by atoms with Crippen LogP contribution in [0.2, 0.25) is 0 Å². The van der Waals surface area contributed by atoms with Crippen molar-refractivity contribution in [2.75, 3.05) is 0 Å². The van der Waals surface area contributed by atoms with Crippen molar-refractivity contribution in [3.05, 3.63) is 49.1 Å². The number of amides is 2. The van der Waals surface area contributed by atoms with E-state index in [1.54, 1.807) is 24.3 Å². The van der Waals surface area contributed by atoms with Gasteiger partial charge in [0.05, 0.1) is 36.2 Å². The highest BCUT2D eigenvalue weighted by Gasteiger charge is 2.03. The first-order chi connectivity index (χ1) is 7.84. The average molecular weight is 216 g/mol. The summed E-state index contributed by atoms with van der Waals surface area (Å²) < 4.78 is 0. The number of quaternary nitrogens is 2. The minimum absolute atomic E-state index is 0.489. The van der Waals surface area contributed by atoms with E-state index in [2.05, 4.69) is 9.98 Å². The van der Waals surface area contributed by atoms with Crippen molar-refractivity contribution in [1.29, 1.82) is 0 Å². The fourth-order valence-corrected chi connectivity index (χ4v) is 1.25. The molecule has 2 amide bonds. The van der Waals surface area contributed by atoms with Crippen LogP contribution in [0.1, 0.15) is 0 Å². The zero-order valence-electron chi connectivity index (χ0n) is 8.58. The normalized spacial score (nSPS) is 17.8. The number of nitrogens with two attached hydrogens (primary N) is 2. The highest BCUT2D eigenvalue weighted by Crippen LogP contribution is 1.94. The average Bonchev–Trinajstić information content (AvgIpc) is 2.31. The van der Waals surface area contributed by atoms with Crippen LogP contribution < -0.4 is 10.6 Å². The van der Waals surface area contributed by atoms with Gasteiger partial charge in [0.1, 0.15) is 0 Å². The molecule has 80 valence electrons. The Morgan fingerprint density at radius 2 is 1.19 bits per heavy atom. The molecular weight excluding hydrogens is 204 g/mol. The zero-order valence-corrected chi connectivity index (χ0v) is 8.58. The lowest BCUT2D eigenvalue weighted by Crippen LogP contribution is -2.71. The largest absolute Gasteiger partial charge is 0.368 e. The third-order valence-electron chi connectivity index (χ3n) is 1.96. The second-order valence-electron chi connectivity index (χ2n) is 3.18. The Balaban J connectivity index is 2.08. The topological polar surface area (TPSA) is 75.0 Å². The van der Waals surface area contributed by atoms with Gasteiger partial charge in [-0.3, -0.25) is 10.6 Å². The van der Waals surface area contributed by atoms with Crippen LogP contribution in [0.5, 0.6) is 0 Å². The summed E-state index contributed by atoms with van der Waals surface area (Å²) in [6.07, 6.45) is 14.4. The third-order valence-corrected chi connectivity index (χ3v) is 1.96. The number of hydrogen-bond acceptors (Lipinski definition) is 1. The third kappa shape index (κ3) is 2.94. The molecule has 16 heavy (non-hydrogen) atoms. The van der Waals surface area contributed by atoms with Crippen LogP contribution in [0, 0.1) is 0 Å². The molecule has 0 aliphatic carbocycles. The molecular formula is C11H12N4O+2. The standard InChI is InChI=1S/C11H10N4O/c16-11(14-9-1-5-12-6-2-9)15-10-3-7-13-8-4-10/h1-8H,(H2,12,13,14,15,16)/p+2. The van der Waals surface area contributed by atoms with Gasteiger partial charge in [-0.05, 0) is 0 Å². The first-order valence-electron chi connectivity index (χ1n) is 4.92. The monoisotopic (exact) mass is 216 g/mol. The summed E-state index contributed by atoms with van der Waals surface area (Å²) in [5, 5.41) is 3.75. The number of rotatable bonds is 0. The molecule has 2 aliphatic heterocycles. The molecule has 0 aromatic rings. The predicted octanol–water partition coefficient (Wildman–Crippen LogP) is -0.803. The van der Waals surface area contributed by atoms with Gasteiger partial charge in [-0.25, -0.2) is 4.79 Å². The first-order valence-corrected chi connectivity index (χ1v) is 4.92. The van der Waals surface area contributed by atoms with E-state index in [4.69, 9.17) is 0 Å². The van der Waals surface area contributed by atoms with E-state index in [9.17, 15) is 4.79 Å². The Morgan fingerprint density at radius 3 is 1.56 bits per heavy atom. The number of carbonyl (C=O) groups excluding carboxylic acids is 1. The molecule has 5 nitrogen and oxygen atoms in total. The van der Waals surface area contributed by atoms with Gasteiger partial charge in [-0.2, -0.15) is 9.98 Å². The molecule has 0 aromatic carbocycles. The van der Waals surface area contributed by atoms with Crippen LogP contribution in [0.15, 0.2) is 59.1 Å². The summed E-state index contributed by atoms with van der Waals surface area (Å²) in [5.41, 5.74) is 1.24. The van der Waals surface area contributed by atoms with Gasteiger partial charge in [0.2, 0.25) is 0 Å². The van der Waals surface area contributed by atoms with Gasteiger partial charge < -0.3 is 0 Å². The molecule has 0 fully saturated rings. The number of urea groups is 1. The first kappa shape index (κ1) is 10.4. The molecule has 0 saturated carbocycles. The van der Waals surface area contributed by atoms with Crippen LogP contribution in [-0.2, 0) is 0 Å². The fraction of sp³-hybridized carbons (Fsp3) is 0. The molecule has 2 rings (SSSR count). The lowest BCUT2D eigenvalue weighted by Gasteiger charge is -1.97. The summed E-state index contributed by atoms with van der Waals surface area (Å²) in [5.74, 6) is 0.